The molecule has 1 heterocycles. The van der Waals surface area contributed by atoms with Gasteiger partial charge < -0.3 is 4.74 Å². The first-order chi connectivity index (χ1) is 7.43. The summed E-state index contributed by atoms with van der Waals surface area (Å²) in [5.41, 5.74) is 0. The van der Waals surface area contributed by atoms with Gasteiger partial charge in [-0.3, -0.25) is 4.79 Å². The largest absolute Gasteiger partial charge is 0.410 e. The number of benzene rings is 1. The van der Waals surface area contributed by atoms with Gasteiger partial charge in [-0.25, -0.2) is 4.98 Å². The number of aromatic nitrogens is 1. The molecule has 15 heavy (non-hydrogen) atoms. The van der Waals surface area contributed by atoms with Crippen molar-refractivity contribution in [2.75, 3.05) is 0 Å². The summed E-state index contributed by atoms with van der Waals surface area (Å²) >= 11 is 0. The second-order valence-corrected chi connectivity index (χ2v) is 2.54. The number of pyridine rings is 1. The quantitative estimate of drug-likeness (QED) is 0.700. The summed E-state index contributed by atoms with van der Waals surface area (Å²) < 4.78 is 4.41. The predicted molar refractivity (Wildman–Crippen MR) is 57.4 cm³/mol. The average Bonchev–Trinajstić information content (AvgIpc) is 2.34. The van der Waals surface area contributed by atoms with Gasteiger partial charge in [-0.05, 0) is 6.07 Å². The fourth-order valence-corrected chi connectivity index (χ4v) is 0.851. The molecule has 1 aromatic heterocycles. The highest BCUT2D eigenvalue weighted by molar-refractivity contribution is 5.42. The highest BCUT2D eigenvalue weighted by Crippen LogP contribution is 2.00. The Bertz CT molecular complexity index is 335. The smallest absolute Gasteiger partial charge is 0.299 e. The fourth-order valence-electron chi connectivity index (χ4n) is 0.851. The van der Waals surface area contributed by atoms with Gasteiger partial charge in [0.25, 0.3) is 6.47 Å². The van der Waals surface area contributed by atoms with Gasteiger partial charge in [0.05, 0.1) is 0 Å². The molecule has 3 heteroatoms. The van der Waals surface area contributed by atoms with E-state index in [4.69, 9.17) is 0 Å². The van der Waals surface area contributed by atoms with E-state index in [0.29, 0.717) is 12.4 Å². The van der Waals surface area contributed by atoms with Crippen LogP contribution in [0.1, 0.15) is 0 Å². The summed E-state index contributed by atoms with van der Waals surface area (Å²) in [6.07, 6.45) is 1.55. The lowest BCUT2D eigenvalue weighted by Gasteiger charge is -1.90. The highest BCUT2D eigenvalue weighted by atomic mass is 16.5. The molecule has 0 saturated carbocycles. The number of ether oxygens (including phenoxy) is 1. The molecule has 2 rings (SSSR count). The Kier molecular flexibility index (Phi) is 5.29. The van der Waals surface area contributed by atoms with Crippen LogP contribution in [0.4, 0.5) is 0 Å². The predicted octanol–water partition coefficient (Wildman–Crippen LogP) is 2.30. The van der Waals surface area contributed by atoms with Crippen LogP contribution in [0.2, 0.25) is 0 Å². The zero-order valence-corrected chi connectivity index (χ0v) is 8.11. The summed E-state index contributed by atoms with van der Waals surface area (Å²) in [5, 5.41) is 0. The number of hydrogen-bond acceptors (Lipinski definition) is 3. The third-order valence-electron chi connectivity index (χ3n) is 1.47. The molecule has 1 aromatic carbocycles. The molecule has 3 nitrogen and oxygen atoms in total. The van der Waals surface area contributed by atoms with Crippen molar-refractivity contribution in [3.8, 4) is 5.88 Å². The van der Waals surface area contributed by atoms with Crippen LogP contribution >= 0.6 is 0 Å². The van der Waals surface area contributed by atoms with E-state index in [-0.39, 0.29) is 0 Å². The normalized spacial score (nSPS) is 8.27. The van der Waals surface area contributed by atoms with Crippen molar-refractivity contribution in [1.29, 1.82) is 0 Å². The zero-order chi connectivity index (χ0) is 10.8. The standard InChI is InChI=1S/C6H5NO2.C6H6/c8-5-9-6-3-1-2-4-7-6;1-2-4-6-5-3-1/h1-5H;1-6H. The van der Waals surface area contributed by atoms with Gasteiger partial charge in [0.1, 0.15) is 0 Å². The molecular weight excluding hydrogens is 190 g/mol. The van der Waals surface area contributed by atoms with Gasteiger partial charge in [-0.2, -0.15) is 0 Å². The second kappa shape index (κ2) is 7.26. The van der Waals surface area contributed by atoms with E-state index in [1.54, 1.807) is 24.4 Å². The Morgan fingerprint density at radius 1 is 0.933 bits per heavy atom. The molecule has 0 aliphatic carbocycles. The van der Waals surface area contributed by atoms with Crippen LogP contribution in [0.25, 0.3) is 0 Å². The monoisotopic (exact) mass is 201 g/mol. The Morgan fingerprint density at radius 3 is 1.93 bits per heavy atom. The number of rotatable bonds is 2. The third-order valence-corrected chi connectivity index (χ3v) is 1.47. The lowest BCUT2D eigenvalue weighted by molar-refractivity contribution is -0.120. The van der Waals surface area contributed by atoms with Crippen molar-refractivity contribution >= 4 is 6.47 Å². The minimum absolute atomic E-state index is 0.326. The van der Waals surface area contributed by atoms with Crippen LogP contribution in [-0.2, 0) is 4.79 Å². The average molecular weight is 201 g/mol. The Labute approximate surface area is 88.4 Å². The van der Waals surface area contributed by atoms with Crippen LogP contribution in [0.15, 0.2) is 60.8 Å². The minimum atomic E-state index is 0.326. The summed E-state index contributed by atoms with van der Waals surface area (Å²) in [5.74, 6) is 0.326. The van der Waals surface area contributed by atoms with E-state index in [1.165, 1.54) is 0 Å². The Morgan fingerprint density at radius 2 is 1.53 bits per heavy atom. The summed E-state index contributed by atoms with van der Waals surface area (Å²) in [4.78, 5) is 13.4. The molecule has 0 saturated heterocycles. The molecule has 0 fully saturated rings. The molecule has 76 valence electrons. The van der Waals surface area contributed by atoms with Crippen LogP contribution < -0.4 is 4.74 Å². The van der Waals surface area contributed by atoms with E-state index in [0.717, 1.165) is 0 Å². The SMILES string of the molecule is O=COc1ccccn1.c1ccccc1. The molecule has 0 aliphatic heterocycles. The minimum Gasteiger partial charge on any atom is -0.410 e. The van der Waals surface area contributed by atoms with Gasteiger partial charge in [-0.15, -0.1) is 0 Å². The summed E-state index contributed by atoms with van der Waals surface area (Å²) in [6, 6.07) is 17.1. The summed E-state index contributed by atoms with van der Waals surface area (Å²) in [6.45, 7) is 0.350. The van der Waals surface area contributed by atoms with Gasteiger partial charge in [0.15, 0.2) is 0 Å². The van der Waals surface area contributed by atoms with Crippen molar-refractivity contribution in [2.24, 2.45) is 0 Å². The van der Waals surface area contributed by atoms with E-state index in [2.05, 4.69) is 9.72 Å². The summed E-state index contributed by atoms with van der Waals surface area (Å²) in [7, 11) is 0. The number of hydrogen-bond donors (Lipinski definition) is 0. The molecular formula is C12H11NO2. The number of carbonyl (C=O) groups is 1. The van der Waals surface area contributed by atoms with E-state index >= 15 is 0 Å². The maximum Gasteiger partial charge on any atom is 0.299 e. The van der Waals surface area contributed by atoms with Crippen LogP contribution in [0.3, 0.4) is 0 Å². The van der Waals surface area contributed by atoms with Crippen LogP contribution in [-0.4, -0.2) is 11.5 Å². The first kappa shape index (κ1) is 10.9. The fraction of sp³-hybridized carbons (Fsp3) is 0. The Hall–Kier alpha value is -2.16. The molecule has 2 aromatic rings. The molecule has 0 atom stereocenters. The molecule has 0 radical (unpaired) electrons. The maximum atomic E-state index is 9.71. The third kappa shape index (κ3) is 5.21. The van der Waals surface area contributed by atoms with E-state index in [1.807, 2.05) is 36.4 Å². The molecule has 0 bridgehead atoms. The molecule has 0 unspecified atom stereocenters. The molecule has 0 amide bonds. The van der Waals surface area contributed by atoms with Crippen LogP contribution in [0, 0.1) is 0 Å². The second-order valence-electron chi connectivity index (χ2n) is 2.54. The molecule has 0 aliphatic rings. The van der Waals surface area contributed by atoms with Crippen molar-refractivity contribution < 1.29 is 9.53 Å². The number of carbonyl (C=O) groups excluding carboxylic acids is 1. The van der Waals surface area contributed by atoms with Gasteiger partial charge >= 0.3 is 0 Å². The highest BCUT2D eigenvalue weighted by Gasteiger charge is 1.86. The van der Waals surface area contributed by atoms with Gasteiger partial charge in [0, 0.05) is 12.3 Å². The van der Waals surface area contributed by atoms with E-state index < -0.39 is 0 Å². The molecule has 0 N–H and O–H groups in total. The lowest BCUT2D eigenvalue weighted by Crippen LogP contribution is -1.89. The molecule has 0 spiro atoms. The van der Waals surface area contributed by atoms with Gasteiger partial charge in [0.2, 0.25) is 5.88 Å². The van der Waals surface area contributed by atoms with Crippen molar-refractivity contribution in [1.82, 2.24) is 4.98 Å². The maximum absolute atomic E-state index is 9.71. The van der Waals surface area contributed by atoms with Crippen molar-refractivity contribution in [2.45, 2.75) is 0 Å². The van der Waals surface area contributed by atoms with E-state index in [9.17, 15) is 4.79 Å². The zero-order valence-electron chi connectivity index (χ0n) is 8.11. The van der Waals surface area contributed by atoms with Crippen molar-refractivity contribution in [3.05, 3.63) is 60.8 Å². The first-order valence-corrected chi connectivity index (χ1v) is 4.45. The first-order valence-electron chi connectivity index (χ1n) is 4.45. The number of nitrogens with zero attached hydrogens (tertiary/aromatic N) is 1. The van der Waals surface area contributed by atoms with Gasteiger partial charge in [-0.1, -0.05) is 42.5 Å². The van der Waals surface area contributed by atoms with Crippen LogP contribution in [0.5, 0.6) is 5.88 Å². The Balaban J connectivity index is 0.000000162. The topological polar surface area (TPSA) is 39.2 Å². The van der Waals surface area contributed by atoms with Crippen molar-refractivity contribution in [3.63, 3.8) is 0 Å². The lowest BCUT2D eigenvalue weighted by atomic mass is 10.4.